The van der Waals surface area contributed by atoms with Crippen molar-refractivity contribution in [3.8, 4) is 0 Å². The van der Waals surface area contributed by atoms with Crippen LogP contribution in [0.5, 0.6) is 0 Å². The van der Waals surface area contributed by atoms with Crippen LogP contribution in [0.25, 0.3) is 6.08 Å². The molecule has 0 aromatic heterocycles. The fraction of sp³-hybridized carbons (Fsp3) is 0.118. The number of urea groups is 1. The molecule has 0 aliphatic heterocycles. The fourth-order valence-corrected chi connectivity index (χ4v) is 2.03. The second-order valence-corrected chi connectivity index (χ2v) is 5.66. The maximum absolute atomic E-state index is 11.8. The molecule has 0 fully saturated rings. The van der Waals surface area contributed by atoms with Crippen LogP contribution in [0.15, 0.2) is 53.1 Å². The summed E-state index contributed by atoms with van der Waals surface area (Å²) in [6.45, 7) is 4.02. The number of carbonyl (C=O) groups excluding carboxylic acids is 1. The lowest BCUT2D eigenvalue weighted by Crippen LogP contribution is -2.23. The number of hydrogen-bond acceptors (Lipinski definition) is 1. The van der Waals surface area contributed by atoms with Gasteiger partial charge in [0.25, 0.3) is 0 Å². The number of nitrogens with one attached hydrogen (secondary N) is 2. The predicted molar refractivity (Wildman–Crippen MR) is 91.2 cm³/mol. The Balaban J connectivity index is 1.89. The van der Waals surface area contributed by atoms with Crippen LogP contribution >= 0.6 is 15.9 Å². The van der Waals surface area contributed by atoms with Crippen molar-refractivity contribution in [1.29, 1.82) is 0 Å². The Kier molecular flexibility index (Phi) is 5.17. The van der Waals surface area contributed by atoms with Gasteiger partial charge in [-0.2, -0.15) is 0 Å². The van der Waals surface area contributed by atoms with Crippen LogP contribution in [-0.2, 0) is 0 Å². The van der Waals surface area contributed by atoms with Crippen molar-refractivity contribution >= 4 is 33.7 Å². The molecule has 2 N–H and O–H groups in total. The van der Waals surface area contributed by atoms with E-state index in [0.29, 0.717) is 0 Å². The van der Waals surface area contributed by atoms with E-state index in [-0.39, 0.29) is 6.03 Å². The van der Waals surface area contributed by atoms with E-state index >= 15 is 0 Å². The Morgan fingerprint density at radius 2 is 1.81 bits per heavy atom. The van der Waals surface area contributed by atoms with E-state index in [2.05, 4.69) is 26.6 Å². The van der Waals surface area contributed by atoms with Gasteiger partial charge < -0.3 is 10.6 Å². The number of halogens is 1. The molecule has 21 heavy (non-hydrogen) atoms. The maximum atomic E-state index is 11.8. The quantitative estimate of drug-likeness (QED) is 0.820. The fourth-order valence-electron chi connectivity index (χ4n) is 1.78. The first-order chi connectivity index (χ1) is 10.0. The van der Waals surface area contributed by atoms with Crippen LogP contribution < -0.4 is 10.6 Å². The number of aryl methyl sites for hydroxylation is 2. The lowest BCUT2D eigenvalue weighted by molar-refractivity contribution is 0.255. The minimum absolute atomic E-state index is 0.264. The third kappa shape index (κ3) is 4.76. The van der Waals surface area contributed by atoms with E-state index < -0.39 is 0 Å². The lowest BCUT2D eigenvalue weighted by Gasteiger charge is -2.06. The Morgan fingerprint density at radius 3 is 2.48 bits per heavy atom. The SMILES string of the molecule is Cc1ccc(/C=C/NC(=O)Nc2ccc(Br)c(C)c2)cc1. The predicted octanol–water partition coefficient (Wildman–Crippen LogP) is 4.86. The highest BCUT2D eigenvalue weighted by Gasteiger charge is 2.01. The Morgan fingerprint density at radius 1 is 1.10 bits per heavy atom. The summed E-state index contributed by atoms with van der Waals surface area (Å²) in [5.74, 6) is 0. The minimum Gasteiger partial charge on any atom is -0.314 e. The van der Waals surface area contributed by atoms with Gasteiger partial charge in [0.15, 0.2) is 0 Å². The monoisotopic (exact) mass is 344 g/mol. The van der Waals surface area contributed by atoms with Gasteiger partial charge in [0, 0.05) is 16.4 Å². The summed E-state index contributed by atoms with van der Waals surface area (Å²) in [6.07, 6.45) is 3.48. The summed E-state index contributed by atoms with van der Waals surface area (Å²) in [4.78, 5) is 11.8. The van der Waals surface area contributed by atoms with Crippen LogP contribution in [0.2, 0.25) is 0 Å². The normalized spacial score (nSPS) is 10.6. The molecule has 0 saturated heterocycles. The van der Waals surface area contributed by atoms with Gasteiger partial charge in [-0.15, -0.1) is 0 Å². The molecule has 3 nitrogen and oxygen atoms in total. The summed E-state index contributed by atoms with van der Waals surface area (Å²) in [5.41, 5.74) is 4.09. The van der Waals surface area contributed by atoms with Crippen LogP contribution in [-0.4, -0.2) is 6.03 Å². The number of rotatable bonds is 3. The summed E-state index contributed by atoms with van der Waals surface area (Å²) in [6, 6.07) is 13.5. The van der Waals surface area contributed by atoms with Crippen molar-refractivity contribution in [3.05, 3.63) is 69.8 Å². The standard InChI is InChI=1S/C17H17BrN2O/c1-12-3-5-14(6-4-12)9-10-19-17(21)20-15-7-8-16(18)13(2)11-15/h3-11H,1-2H3,(H2,19,20,21)/b10-9+. The van der Waals surface area contributed by atoms with Gasteiger partial charge in [-0.05, 0) is 49.2 Å². The molecule has 0 spiro atoms. The molecule has 0 atom stereocenters. The molecule has 0 saturated carbocycles. The van der Waals surface area contributed by atoms with Crippen molar-refractivity contribution < 1.29 is 4.79 Å². The topological polar surface area (TPSA) is 41.1 Å². The van der Waals surface area contributed by atoms with E-state index in [0.717, 1.165) is 21.3 Å². The first-order valence-electron chi connectivity index (χ1n) is 6.61. The Labute approximate surface area is 133 Å². The van der Waals surface area contributed by atoms with Crippen molar-refractivity contribution in [2.45, 2.75) is 13.8 Å². The molecule has 0 unspecified atom stereocenters. The minimum atomic E-state index is -0.264. The first-order valence-corrected chi connectivity index (χ1v) is 7.41. The second-order valence-electron chi connectivity index (χ2n) is 4.81. The van der Waals surface area contributed by atoms with Gasteiger partial charge in [-0.3, -0.25) is 0 Å². The Bertz CT molecular complexity index is 663. The van der Waals surface area contributed by atoms with Gasteiger partial charge in [-0.25, -0.2) is 4.79 Å². The third-order valence-corrected chi connectivity index (χ3v) is 3.87. The zero-order valence-electron chi connectivity index (χ0n) is 12.0. The van der Waals surface area contributed by atoms with Crippen molar-refractivity contribution in [2.75, 3.05) is 5.32 Å². The van der Waals surface area contributed by atoms with E-state index in [1.807, 2.05) is 62.4 Å². The van der Waals surface area contributed by atoms with Gasteiger partial charge >= 0.3 is 6.03 Å². The van der Waals surface area contributed by atoms with E-state index in [4.69, 9.17) is 0 Å². The van der Waals surface area contributed by atoms with Crippen LogP contribution in [0.1, 0.15) is 16.7 Å². The molecule has 0 aliphatic rings. The lowest BCUT2D eigenvalue weighted by atomic mass is 10.1. The largest absolute Gasteiger partial charge is 0.323 e. The molecule has 0 radical (unpaired) electrons. The first kappa shape index (κ1) is 15.3. The zero-order valence-corrected chi connectivity index (χ0v) is 13.6. The molecule has 108 valence electrons. The summed E-state index contributed by atoms with van der Waals surface area (Å²) in [7, 11) is 0. The van der Waals surface area contributed by atoms with Crippen molar-refractivity contribution in [2.24, 2.45) is 0 Å². The number of hydrogen-bond donors (Lipinski definition) is 2. The van der Waals surface area contributed by atoms with Crippen LogP contribution in [0.3, 0.4) is 0 Å². The summed E-state index contributed by atoms with van der Waals surface area (Å²) in [5, 5.41) is 5.47. The van der Waals surface area contributed by atoms with Crippen LogP contribution in [0, 0.1) is 13.8 Å². The van der Waals surface area contributed by atoms with Gasteiger partial charge in [0.2, 0.25) is 0 Å². The summed E-state index contributed by atoms with van der Waals surface area (Å²) >= 11 is 3.43. The molecule has 0 bridgehead atoms. The second kappa shape index (κ2) is 7.09. The smallest absolute Gasteiger partial charge is 0.314 e. The molecule has 2 amide bonds. The van der Waals surface area contributed by atoms with E-state index in [9.17, 15) is 4.79 Å². The number of amides is 2. The van der Waals surface area contributed by atoms with Crippen molar-refractivity contribution in [3.63, 3.8) is 0 Å². The maximum Gasteiger partial charge on any atom is 0.323 e. The Hall–Kier alpha value is -2.07. The average molecular weight is 345 g/mol. The molecular formula is C17H17BrN2O. The average Bonchev–Trinajstić information content (AvgIpc) is 2.45. The molecule has 4 heteroatoms. The number of anilines is 1. The highest BCUT2D eigenvalue weighted by atomic mass is 79.9. The number of carbonyl (C=O) groups is 1. The molecule has 2 aromatic carbocycles. The van der Waals surface area contributed by atoms with E-state index in [1.165, 1.54) is 5.56 Å². The molecular weight excluding hydrogens is 328 g/mol. The summed E-state index contributed by atoms with van der Waals surface area (Å²) < 4.78 is 1.02. The van der Waals surface area contributed by atoms with Gasteiger partial charge in [-0.1, -0.05) is 45.8 Å². The van der Waals surface area contributed by atoms with E-state index in [1.54, 1.807) is 6.20 Å². The van der Waals surface area contributed by atoms with Gasteiger partial charge in [0.05, 0.1) is 0 Å². The van der Waals surface area contributed by atoms with Gasteiger partial charge in [0.1, 0.15) is 0 Å². The van der Waals surface area contributed by atoms with Crippen molar-refractivity contribution in [1.82, 2.24) is 5.32 Å². The molecule has 0 aliphatic carbocycles. The zero-order chi connectivity index (χ0) is 15.2. The molecule has 2 aromatic rings. The number of benzene rings is 2. The van der Waals surface area contributed by atoms with Crippen LogP contribution in [0.4, 0.5) is 10.5 Å². The highest BCUT2D eigenvalue weighted by Crippen LogP contribution is 2.19. The third-order valence-electron chi connectivity index (χ3n) is 2.98. The highest BCUT2D eigenvalue weighted by molar-refractivity contribution is 9.10. The molecule has 0 heterocycles. The molecule has 2 rings (SSSR count).